The molecule has 134 valence electrons. The molecule has 1 saturated carbocycles. The Hall–Kier alpha value is -3.48. The zero-order valence-corrected chi connectivity index (χ0v) is 14.5. The smallest absolute Gasteiger partial charge is 0.301 e. The number of hydrogen-bond acceptors (Lipinski definition) is 5. The molecule has 5 rings (SSSR count). The van der Waals surface area contributed by atoms with E-state index in [9.17, 15) is 10.1 Å². The van der Waals surface area contributed by atoms with Crippen molar-refractivity contribution in [1.29, 1.82) is 0 Å². The van der Waals surface area contributed by atoms with Crippen LogP contribution in [0.4, 0.5) is 11.4 Å². The van der Waals surface area contributed by atoms with Gasteiger partial charge in [0.05, 0.1) is 33.4 Å². The van der Waals surface area contributed by atoms with Gasteiger partial charge in [-0.2, -0.15) is 0 Å². The van der Waals surface area contributed by atoms with Crippen molar-refractivity contribution in [3.05, 3.63) is 70.7 Å². The van der Waals surface area contributed by atoms with E-state index in [1.165, 1.54) is 0 Å². The van der Waals surface area contributed by atoms with Crippen molar-refractivity contribution in [2.75, 3.05) is 5.32 Å². The van der Waals surface area contributed by atoms with Crippen molar-refractivity contribution < 1.29 is 4.92 Å². The van der Waals surface area contributed by atoms with Crippen molar-refractivity contribution in [1.82, 2.24) is 14.5 Å². The summed E-state index contributed by atoms with van der Waals surface area (Å²) in [7, 11) is 0. The summed E-state index contributed by atoms with van der Waals surface area (Å²) in [5.74, 6) is 0.902. The number of nitrogens with zero attached hydrogens (tertiary/aromatic N) is 4. The second-order valence-electron chi connectivity index (χ2n) is 6.76. The molecule has 1 fully saturated rings. The predicted molar refractivity (Wildman–Crippen MR) is 104 cm³/mol. The highest BCUT2D eigenvalue weighted by Gasteiger charge is 2.28. The molecule has 27 heavy (non-hydrogen) atoms. The fourth-order valence-corrected chi connectivity index (χ4v) is 3.61. The van der Waals surface area contributed by atoms with Gasteiger partial charge in [-0.3, -0.25) is 15.1 Å². The third kappa shape index (κ3) is 2.68. The summed E-state index contributed by atoms with van der Waals surface area (Å²) in [5.41, 5.74) is 3.22. The third-order valence-electron chi connectivity index (χ3n) is 4.96. The fraction of sp³-hybridized carbons (Fsp3) is 0.200. The maximum Gasteiger partial charge on any atom is 0.301 e. The Morgan fingerprint density at radius 2 is 1.96 bits per heavy atom. The molecule has 0 atom stereocenters. The van der Waals surface area contributed by atoms with Gasteiger partial charge >= 0.3 is 5.69 Å². The van der Waals surface area contributed by atoms with E-state index in [-0.39, 0.29) is 10.6 Å². The van der Waals surface area contributed by atoms with Crippen LogP contribution in [0.5, 0.6) is 0 Å². The van der Waals surface area contributed by atoms with E-state index >= 15 is 0 Å². The number of nitro benzene ring substituents is 1. The first-order chi connectivity index (χ1) is 13.2. The Morgan fingerprint density at radius 1 is 1.11 bits per heavy atom. The SMILES string of the molecule is O=[N+]([O-])c1c(NCc2nc3ccccc3n2C2CC2)ccc2ncccc12. The Kier molecular flexibility index (Phi) is 3.53. The van der Waals surface area contributed by atoms with Crippen molar-refractivity contribution in [3.8, 4) is 0 Å². The van der Waals surface area contributed by atoms with Gasteiger partial charge in [-0.25, -0.2) is 4.98 Å². The summed E-state index contributed by atoms with van der Waals surface area (Å²) in [5, 5.41) is 15.5. The number of nitrogens with one attached hydrogen (secondary N) is 1. The minimum atomic E-state index is -0.351. The van der Waals surface area contributed by atoms with Gasteiger partial charge in [-0.05, 0) is 49.2 Å². The maximum absolute atomic E-state index is 11.7. The largest absolute Gasteiger partial charge is 0.372 e. The number of nitro groups is 1. The number of benzene rings is 2. The fourth-order valence-electron chi connectivity index (χ4n) is 3.61. The lowest BCUT2D eigenvalue weighted by atomic mass is 10.1. The monoisotopic (exact) mass is 359 g/mol. The Morgan fingerprint density at radius 3 is 2.78 bits per heavy atom. The second-order valence-corrected chi connectivity index (χ2v) is 6.76. The normalized spacial score (nSPS) is 13.9. The van der Waals surface area contributed by atoms with Gasteiger partial charge in [0, 0.05) is 12.2 Å². The minimum Gasteiger partial charge on any atom is -0.372 e. The Balaban J connectivity index is 1.54. The molecule has 0 bridgehead atoms. The highest BCUT2D eigenvalue weighted by molar-refractivity contribution is 5.94. The number of pyridine rings is 1. The number of imidazole rings is 1. The molecule has 1 N–H and O–H groups in total. The van der Waals surface area contributed by atoms with Gasteiger partial charge in [-0.1, -0.05) is 12.1 Å². The van der Waals surface area contributed by atoms with Crippen LogP contribution in [-0.2, 0) is 6.54 Å². The minimum absolute atomic E-state index is 0.0506. The van der Waals surface area contributed by atoms with E-state index < -0.39 is 0 Å². The van der Waals surface area contributed by atoms with Crippen LogP contribution in [0.25, 0.3) is 21.9 Å². The topological polar surface area (TPSA) is 85.9 Å². The van der Waals surface area contributed by atoms with E-state index in [0.717, 1.165) is 29.7 Å². The summed E-state index contributed by atoms with van der Waals surface area (Å²) in [6, 6.07) is 15.5. The quantitative estimate of drug-likeness (QED) is 0.420. The number of anilines is 1. The van der Waals surface area contributed by atoms with Crippen LogP contribution >= 0.6 is 0 Å². The van der Waals surface area contributed by atoms with Gasteiger partial charge < -0.3 is 9.88 Å². The van der Waals surface area contributed by atoms with Crippen molar-refractivity contribution in [2.24, 2.45) is 0 Å². The van der Waals surface area contributed by atoms with Crippen LogP contribution in [0.2, 0.25) is 0 Å². The second kappa shape index (κ2) is 6.05. The van der Waals surface area contributed by atoms with Crippen molar-refractivity contribution in [2.45, 2.75) is 25.4 Å². The van der Waals surface area contributed by atoms with Crippen LogP contribution in [0.1, 0.15) is 24.7 Å². The molecule has 0 amide bonds. The molecule has 7 nitrogen and oxygen atoms in total. The molecule has 0 radical (unpaired) electrons. The first-order valence-corrected chi connectivity index (χ1v) is 8.94. The molecular weight excluding hydrogens is 342 g/mol. The standard InChI is InChI=1S/C20H17N5O2/c26-25(27)20-14-4-3-11-21-15(14)9-10-17(20)22-12-19-23-16-5-1-2-6-18(16)24(19)13-7-8-13/h1-6,9-11,13,22H,7-8,12H2. The summed E-state index contributed by atoms with van der Waals surface area (Å²) in [6.45, 7) is 0.428. The summed E-state index contributed by atoms with van der Waals surface area (Å²) < 4.78 is 2.26. The summed E-state index contributed by atoms with van der Waals surface area (Å²) in [6.07, 6.45) is 3.93. The molecule has 1 aliphatic rings. The molecule has 0 saturated heterocycles. The van der Waals surface area contributed by atoms with E-state index in [1.807, 2.05) is 18.2 Å². The molecule has 1 aliphatic carbocycles. The molecular formula is C20H17N5O2. The summed E-state index contributed by atoms with van der Waals surface area (Å²) in [4.78, 5) is 20.3. The number of hydrogen-bond donors (Lipinski definition) is 1. The van der Waals surface area contributed by atoms with Crippen LogP contribution < -0.4 is 5.32 Å². The van der Waals surface area contributed by atoms with E-state index in [2.05, 4.69) is 20.9 Å². The lowest BCUT2D eigenvalue weighted by molar-refractivity contribution is -0.382. The van der Waals surface area contributed by atoms with Crippen LogP contribution in [0.15, 0.2) is 54.7 Å². The first-order valence-electron chi connectivity index (χ1n) is 8.94. The number of aromatic nitrogens is 3. The first kappa shape index (κ1) is 15.7. The van der Waals surface area contributed by atoms with Gasteiger partial charge in [0.25, 0.3) is 0 Å². The Labute approximate surface area is 154 Å². The number of para-hydroxylation sites is 2. The van der Waals surface area contributed by atoms with E-state index in [0.29, 0.717) is 29.2 Å². The van der Waals surface area contributed by atoms with Crippen molar-refractivity contribution >= 4 is 33.3 Å². The number of fused-ring (bicyclic) bond motifs is 2. The van der Waals surface area contributed by atoms with Gasteiger partial charge in [0.2, 0.25) is 0 Å². The van der Waals surface area contributed by atoms with Crippen LogP contribution in [-0.4, -0.2) is 19.5 Å². The van der Waals surface area contributed by atoms with E-state index in [1.54, 1.807) is 30.5 Å². The highest BCUT2D eigenvalue weighted by atomic mass is 16.6. The molecule has 2 heterocycles. The average molecular weight is 359 g/mol. The van der Waals surface area contributed by atoms with Gasteiger partial charge in [0.15, 0.2) is 0 Å². The van der Waals surface area contributed by atoms with Gasteiger partial charge in [0.1, 0.15) is 11.5 Å². The molecule has 2 aromatic heterocycles. The van der Waals surface area contributed by atoms with Gasteiger partial charge in [-0.15, -0.1) is 0 Å². The van der Waals surface area contributed by atoms with Crippen LogP contribution in [0, 0.1) is 10.1 Å². The maximum atomic E-state index is 11.7. The predicted octanol–water partition coefficient (Wildman–Crippen LogP) is 4.44. The zero-order chi connectivity index (χ0) is 18.4. The molecule has 7 heteroatoms. The molecule has 0 spiro atoms. The van der Waals surface area contributed by atoms with Crippen molar-refractivity contribution in [3.63, 3.8) is 0 Å². The molecule has 4 aromatic rings. The molecule has 2 aromatic carbocycles. The third-order valence-corrected chi connectivity index (χ3v) is 4.96. The lowest BCUT2D eigenvalue weighted by Crippen LogP contribution is -2.09. The Bertz CT molecular complexity index is 1180. The van der Waals surface area contributed by atoms with Crippen LogP contribution in [0.3, 0.4) is 0 Å². The lowest BCUT2D eigenvalue weighted by Gasteiger charge is -2.11. The highest BCUT2D eigenvalue weighted by Crippen LogP contribution is 2.39. The zero-order valence-electron chi connectivity index (χ0n) is 14.5. The van der Waals surface area contributed by atoms with E-state index in [4.69, 9.17) is 4.98 Å². The summed E-state index contributed by atoms with van der Waals surface area (Å²) >= 11 is 0. The average Bonchev–Trinajstić information content (AvgIpc) is 3.45. The number of rotatable bonds is 5. The molecule has 0 unspecified atom stereocenters. The molecule has 0 aliphatic heterocycles.